The summed E-state index contributed by atoms with van der Waals surface area (Å²) in [6, 6.07) is -0.838. The van der Waals surface area contributed by atoms with Gasteiger partial charge in [-0.05, 0) is 19.8 Å². The van der Waals surface area contributed by atoms with Crippen LogP contribution in [0.4, 0.5) is 0 Å². The Bertz CT molecular complexity index is 282. The average Bonchev–Trinajstić information content (AvgIpc) is 2.77. The van der Waals surface area contributed by atoms with Gasteiger partial charge in [0.25, 0.3) is 0 Å². The molecule has 1 amide bonds. The van der Waals surface area contributed by atoms with E-state index in [4.69, 9.17) is 5.11 Å². The van der Waals surface area contributed by atoms with Gasteiger partial charge < -0.3 is 10.4 Å². The van der Waals surface area contributed by atoms with E-state index < -0.39 is 17.7 Å². The third-order valence-electron chi connectivity index (χ3n) is 2.02. The van der Waals surface area contributed by atoms with Crippen molar-refractivity contribution in [2.45, 2.75) is 38.4 Å². The Balaban J connectivity index is 2.35. The summed E-state index contributed by atoms with van der Waals surface area (Å²) in [6.07, 6.45) is 0.892. The van der Waals surface area contributed by atoms with Crippen molar-refractivity contribution in [1.82, 2.24) is 5.32 Å². The predicted octanol–water partition coefficient (Wildman–Crippen LogP) is 0.538. The molecule has 0 saturated heterocycles. The van der Waals surface area contributed by atoms with Gasteiger partial charge in [0.2, 0.25) is 5.91 Å². The molecule has 0 aromatic rings. The van der Waals surface area contributed by atoms with Crippen LogP contribution in [0, 0.1) is 0 Å². The smallest absolute Gasteiger partial charge is 0.326 e. The molecule has 0 aliphatic carbocycles. The molecule has 1 aliphatic heterocycles. The maximum atomic E-state index is 10.7. The van der Waals surface area contributed by atoms with Crippen molar-refractivity contribution in [2.75, 3.05) is 0 Å². The van der Waals surface area contributed by atoms with Gasteiger partial charge in [0.05, 0.1) is 0 Å². The fourth-order valence-corrected chi connectivity index (χ4v) is 1.11. The molecule has 0 aromatic carbocycles. The molecule has 6 heteroatoms. The Morgan fingerprint density at radius 3 is 2.43 bits per heavy atom. The molecule has 0 fully saturated rings. The first kappa shape index (κ1) is 10.6. The number of aliphatic carboxylic acids is 1. The maximum absolute atomic E-state index is 10.7. The van der Waals surface area contributed by atoms with E-state index in [0.29, 0.717) is 12.8 Å². The molecule has 1 atom stereocenters. The zero-order valence-electron chi connectivity index (χ0n) is 8.15. The molecule has 0 bridgehead atoms. The number of amides is 1. The first-order valence-corrected chi connectivity index (χ1v) is 4.37. The maximum Gasteiger partial charge on any atom is 0.326 e. The Hall–Kier alpha value is -1.46. The van der Waals surface area contributed by atoms with Gasteiger partial charge in [0, 0.05) is 6.92 Å². The van der Waals surface area contributed by atoms with E-state index in [1.165, 1.54) is 6.92 Å². The second-order valence-electron chi connectivity index (χ2n) is 3.55. The quantitative estimate of drug-likeness (QED) is 0.676. The highest BCUT2D eigenvalue weighted by molar-refractivity contribution is 5.81. The molecule has 0 saturated carbocycles. The summed E-state index contributed by atoms with van der Waals surface area (Å²) in [6.45, 7) is 3.11. The van der Waals surface area contributed by atoms with E-state index in [9.17, 15) is 9.59 Å². The standard InChI is InChI=1S/C8H13N3O3/c1-5(12)9-6(7(13)14)3-4-8(2)10-11-8/h6H,3-4H2,1-2H3,(H,9,12)(H,13,14)/t6-/m0/s1. The fourth-order valence-electron chi connectivity index (χ4n) is 1.11. The Kier molecular flexibility index (Phi) is 2.83. The van der Waals surface area contributed by atoms with Gasteiger partial charge in [0.1, 0.15) is 6.04 Å². The summed E-state index contributed by atoms with van der Waals surface area (Å²) in [5.41, 5.74) is -0.411. The third kappa shape index (κ3) is 3.12. The molecule has 1 heterocycles. The summed E-state index contributed by atoms with van der Waals surface area (Å²) >= 11 is 0. The second-order valence-corrected chi connectivity index (χ2v) is 3.55. The van der Waals surface area contributed by atoms with Crippen molar-refractivity contribution in [3.63, 3.8) is 0 Å². The lowest BCUT2D eigenvalue weighted by molar-refractivity contribution is -0.141. The van der Waals surface area contributed by atoms with Crippen molar-refractivity contribution in [2.24, 2.45) is 10.2 Å². The Morgan fingerprint density at radius 2 is 2.07 bits per heavy atom. The van der Waals surface area contributed by atoms with Crippen LogP contribution in [0.2, 0.25) is 0 Å². The molecule has 6 nitrogen and oxygen atoms in total. The third-order valence-corrected chi connectivity index (χ3v) is 2.02. The molecular weight excluding hydrogens is 186 g/mol. The fraction of sp³-hybridized carbons (Fsp3) is 0.750. The number of carboxylic acids is 1. The van der Waals surface area contributed by atoms with E-state index >= 15 is 0 Å². The van der Waals surface area contributed by atoms with Crippen molar-refractivity contribution in [3.05, 3.63) is 0 Å². The van der Waals surface area contributed by atoms with Crippen LogP contribution < -0.4 is 5.32 Å². The monoisotopic (exact) mass is 199 g/mol. The van der Waals surface area contributed by atoms with E-state index in [1.54, 1.807) is 0 Å². The lowest BCUT2D eigenvalue weighted by Crippen LogP contribution is -2.40. The number of nitrogens with one attached hydrogen (secondary N) is 1. The number of carbonyl (C=O) groups is 2. The van der Waals surface area contributed by atoms with Crippen LogP contribution in [0.1, 0.15) is 26.7 Å². The summed E-state index contributed by atoms with van der Waals surface area (Å²) in [4.78, 5) is 21.4. The molecule has 2 N–H and O–H groups in total. The van der Waals surface area contributed by atoms with Crippen LogP contribution in [0.25, 0.3) is 0 Å². The summed E-state index contributed by atoms with van der Waals surface area (Å²) in [7, 11) is 0. The molecular formula is C8H13N3O3. The van der Waals surface area contributed by atoms with Gasteiger partial charge >= 0.3 is 5.97 Å². The molecule has 0 spiro atoms. The van der Waals surface area contributed by atoms with Gasteiger partial charge in [-0.1, -0.05) is 0 Å². The molecule has 0 unspecified atom stereocenters. The first-order chi connectivity index (χ1) is 6.43. The number of nitrogens with zero attached hydrogens (tertiary/aromatic N) is 2. The van der Waals surface area contributed by atoms with Crippen LogP contribution in [0.5, 0.6) is 0 Å². The lowest BCUT2D eigenvalue weighted by atomic mass is 10.1. The number of hydrogen-bond acceptors (Lipinski definition) is 4. The van der Waals surface area contributed by atoms with E-state index in [1.807, 2.05) is 6.92 Å². The van der Waals surface area contributed by atoms with Gasteiger partial charge in [-0.15, -0.1) is 0 Å². The highest BCUT2D eigenvalue weighted by atomic mass is 16.4. The minimum absolute atomic E-state index is 0.341. The Labute approximate surface area is 81.4 Å². The SMILES string of the molecule is CC(=O)N[C@@H](CCC1(C)N=N1)C(=O)O. The van der Waals surface area contributed by atoms with Crippen molar-refractivity contribution < 1.29 is 14.7 Å². The molecule has 1 aliphatic rings. The lowest BCUT2D eigenvalue weighted by Gasteiger charge is -2.13. The van der Waals surface area contributed by atoms with Gasteiger partial charge in [-0.3, -0.25) is 4.79 Å². The summed E-state index contributed by atoms with van der Waals surface area (Å²) < 4.78 is 0. The molecule has 14 heavy (non-hydrogen) atoms. The number of carbonyl (C=O) groups excluding carboxylic acids is 1. The summed E-state index contributed by atoms with van der Waals surface area (Å²) in [5.74, 6) is -1.36. The van der Waals surface area contributed by atoms with Crippen LogP contribution >= 0.6 is 0 Å². The molecule has 78 valence electrons. The largest absolute Gasteiger partial charge is 0.480 e. The summed E-state index contributed by atoms with van der Waals surface area (Å²) in [5, 5.41) is 18.6. The van der Waals surface area contributed by atoms with Crippen LogP contribution in [-0.2, 0) is 9.59 Å². The average molecular weight is 199 g/mol. The molecule has 0 aromatic heterocycles. The zero-order chi connectivity index (χ0) is 10.8. The minimum atomic E-state index is -1.02. The van der Waals surface area contributed by atoms with Gasteiger partial charge in [-0.2, -0.15) is 10.2 Å². The highest BCUT2D eigenvalue weighted by Crippen LogP contribution is 2.32. The van der Waals surface area contributed by atoms with Crippen molar-refractivity contribution in [1.29, 1.82) is 0 Å². The van der Waals surface area contributed by atoms with Gasteiger partial charge in [-0.25, -0.2) is 4.79 Å². The van der Waals surface area contributed by atoms with Crippen LogP contribution in [0.3, 0.4) is 0 Å². The molecule has 1 rings (SSSR count). The van der Waals surface area contributed by atoms with Crippen molar-refractivity contribution >= 4 is 11.9 Å². The minimum Gasteiger partial charge on any atom is -0.480 e. The van der Waals surface area contributed by atoms with E-state index in [-0.39, 0.29) is 5.91 Å². The zero-order valence-corrected chi connectivity index (χ0v) is 8.15. The Morgan fingerprint density at radius 1 is 1.50 bits per heavy atom. The second kappa shape index (κ2) is 3.73. The number of carboxylic acid groups (broad SMARTS) is 1. The topological polar surface area (TPSA) is 91.1 Å². The van der Waals surface area contributed by atoms with Crippen LogP contribution in [0.15, 0.2) is 10.2 Å². The van der Waals surface area contributed by atoms with Crippen LogP contribution in [-0.4, -0.2) is 28.7 Å². The van der Waals surface area contributed by atoms with E-state index in [2.05, 4.69) is 15.5 Å². The van der Waals surface area contributed by atoms with E-state index in [0.717, 1.165) is 0 Å². The highest BCUT2D eigenvalue weighted by Gasteiger charge is 2.35. The number of hydrogen-bond donors (Lipinski definition) is 2. The van der Waals surface area contributed by atoms with Gasteiger partial charge in [0.15, 0.2) is 5.66 Å². The predicted molar refractivity (Wildman–Crippen MR) is 47.7 cm³/mol. The normalized spacial score (nSPS) is 18.7. The van der Waals surface area contributed by atoms with Crippen molar-refractivity contribution in [3.8, 4) is 0 Å². The number of rotatable bonds is 5. The molecule has 0 radical (unpaired) electrons. The first-order valence-electron chi connectivity index (χ1n) is 4.37.